The molecular formula is C8H6NO3-. The van der Waals surface area contributed by atoms with Crippen LogP contribution in [0.5, 0.6) is 0 Å². The molecular weight excluding hydrogens is 158 g/mol. The number of hydrogen-bond donors (Lipinski definition) is 1. The van der Waals surface area contributed by atoms with Gasteiger partial charge in [-0.15, -0.1) is 0 Å². The zero-order valence-corrected chi connectivity index (χ0v) is 6.38. The third-order valence-electron chi connectivity index (χ3n) is 1.65. The molecule has 0 unspecified atom stereocenters. The van der Waals surface area contributed by atoms with Gasteiger partial charge in [0.25, 0.3) is 0 Å². The van der Waals surface area contributed by atoms with Crippen molar-refractivity contribution in [1.82, 2.24) is 4.98 Å². The Hall–Kier alpha value is -1.71. The number of carbonyl (C=O) groups excluding carboxylic acids is 1. The summed E-state index contributed by atoms with van der Waals surface area (Å²) in [4.78, 5) is 13.0. The van der Waals surface area contributed by atoms with Gasteiger partial charge in [-0.2, -0.15) is 0 Å². The Morgan fingerprint density at radius 3 is 2.92 bits per heavy atom. The highest BCUT2D eigenvalue weighted by atomic mass is 16.4. The molecule has 4 heteroatoms. The average molecular weight is 164 g/mol. The molecule has 0 aliphatic carbocycles. The molecule has 2 heterocycles. The van der Waals surface area contributed by atoms with Gasteiger partial charge in [0.2, 0.25) is 0 Å². The Morgan fingerprint density at radius 1 is 1.58 bits per heavy atom. The molecule has 2 rings (SSSR count). The van der Waals surface area contributed by atoms with Crippen molar-refractivity contribution in [3.63, 3.8) is 0 Å². The van der Waals surface area contributed by atoms with Crippen molar-refractivity contribution in [1.29, 1.82) is 0 Å². The molecule has 0 saturated heterocycles. The number of aromatic amines is 1. The van der Waals surface area contributed by atoms with Crippen molar-refractivity contribution >= 4 is 17.1 Å². The molecule has 4 nitrogen and oxygen atoms in total. The van der Waals surface area contributed by atoms with E-state index in [9.17, 15) is 9.90 Å². The van der Waals surface area contributed by atoms with Crippen molar-refractivity contribution in [2.45, 2.75) is 6.92 Å². The highest BCUT2D eigenvalue weighted by Crippen LogP contribution is 2.18. The van der Waals surface area contributed by atoms with Crippen molar-refractivity contribution < 1.29 is 14.3 Å². The molecule has 0 bridgehead atoms. The van der Waals surface area contributed by atoms with Gasteiger partial charge in [0.1, 0.15) is 5.76 Å². The molecule has 12 heavy (non-hydrogen) atoms. The van der Waals surface area contributed by atoms with Crippen molar-refractivity contribution in [3.05, 3.63) is 23.6 Å². The number of aromatic carboxylic acids is 1. The fraction of sp³-hybridized carbons (Fsp3) is 0.125. The van der Waals surface area contributed by atoms with Crippen LogP contribution in [0.25, 0.3) is 11.1 Å². The molecule has 2 aromatic heterocycles. The van der Waals surface area contributed by atoms with E-state index < -0.39 is 5.97 Å². The Morgan fingerprint density at radius 2 is 2.33 bits per heavy atom. The quantitative estimate of drug-likeness (QED) is 0.664. The van der Waals surface area contributed by atoms with Gasteiger partial charge in [-0.25, -0.2) is 0 Å². The van der Waals surface area contributed by atoms with Crippen LogP contribution in [0, 0.1) is 6.92 Å². The summed E-state index contributed by atoms with van der Waals surface area (Å²) in [6.45, 7) is 1.80. The summed E-state index contributed by atoms with van der Waals surface area (Å²) >= 11 is 0. The Bertz CT molecular complexity index is 407. The first-order valence-electron chi connectivity index (χ1n) is 3.47. The summed E-state index contributed by atoms with van der Waals surface area (Å²) < 4.78 is 5.18. The standard InChI is InChI=1S/C8H7NO3/c1-4-2-5-7(12-4)3-6(9-5)8(10)11/h2-3,9H,1H3,(H,10,11)/p-1. The summed E-state index contributed by atoms with van der Waals surface area (Å²) in [5.41, 5.74) is 1.28. The topological polar surface area (TPSA) is 69.1 Å². The average Bonchev–Trinajstić information content (AvgIpc) is 2.42. The largest absolute Gasteiger partial charge is 0.543 e. The zero-order valence-electron chi connectivity index (χ0n) is 6.38. The third kappa shape index (κ3) is 0.887. The maximum atomic E-state index is 10.4. The van der Waals surface area contributed by atoms with E-state index in [2.05, 4.69) is 4.98 Å². The van der Waals surface area contributed by atoms with E-state index in [-0.39, 0.29) is 5.69 Å². The lowest BCUT2D eigenvalue weighted by Gasteiger charge is -1.93. The summed E-state index contributed by atoms with van der Waals surface area (Å²) in [6.07, 6.45) is 0. The summed E-state index contributed by atoms with van der Waals surface area (Å²) in [6, 6.07) is 3.15. The third-order valence-corrected chi connectivity index (χ3v) is 1.65. The van der Waals surface area contributed by atoms with Crippen LogP contribution in [0.2, 0.25) is 0 Å². The molecule has 62 valence electrons. The number of carbonyl (C=O) groups is 1. The maximum Gasteiger partial charge on any atom is 0.152 e. The van der Waals surface area contributed by atoms with Crippen LogP contribution in [0.4, 0.5) is 0 Å². The molecule has 0 aromatic carbocycles. The van der Waals surface area contributed by atoms with Gasteiger partial charge in [-0.3, -0.25) is 0 Å². The van der Waals surface area contributed by atoms with E-state index in [0.29, 0.717) is 11.1 Å². The van der Waals surface area contributed by atoms with Crippen molar-refractivity contribution in [2.75, 3.05) is 0 Å². The van der Waals surface area contributed by atoms with E-state index in [1.165, 1.54) is 6.07 Å². The number of nitrogens with one attached hydrogen (secondary N) is 1. The maximum absolute atomic E-state index is 10.4. The number of fused-ring (bicyclic) bond motifs is 1. The van der Waals surface area contributed by atoms with E-state index in [1.807, 2.05) is 0 Å². The lowest BCUT2D eigenvalue weighted by molar-refractivity contribution is -0.255. The number of hydrogen-bond acceptors (Lipinski definition) is 3. The van der Waals surface area contributed by atoms with Crippen LogP contribution in [-0.4, -0.2) is 11.0 Å². The molecule has 0 radical (unpaired) electrons. The molecule has 1 N–H and O–H groups in total. The first kappa shape index (κ1) is 6.97. The van der Waals surface area contributed by atoms with E-state index in [1.54, 1.807) is 13.0 Å². The van der Waals surface area contributed by atoms with Gasteiger partial charge < -0.3 is 19.3 Å². The fourth-order valence-corrected chi connectivity index (χ4v) is 1.16. The number of aryl methyl sites for hydroxylation is 1. The molecule has 0 amide bonds. The molecule has 0 aliphatic rings. The second-order valence-corrected chi connectivity index (χ2v) is 2.61. The predicted octanol–water partition coefficient (Wildman–Crippen LogP) is 0.433. The van der Waals surface area contributed by atoms with Crippen LogP contribution in [-0.2, 0) is 0 Å². The minimum atomic E-state index is -1.22. The van der Waals surface area contributed by atoms with Crippen LogP contribution in [0.15, 0.2) is 16.5 Å². The number of carboxylic acid groups (broad SMARTS) is 1. The highest BCUT2D eigenvalue weighted by molar-refractivity contribution is 5.90. The van der Waals surface area contributed by atoms with Crippen LogP contribution < -0.4 is 5.11 Å². The second-order valence-electron chi connectivity index (χ2n) is 2.61. The first-order chi connectivity index (χ1) is 5.66. The smallest absolute Gasteiger partial charge is 0.152 e. The van der Waals surface area contributed by atoms with Crippen LogP contribution in [0.3, 0.4) is 0 Å². The van der Waals surface area contributed by atoms with Crippen molar-refractivity contribution in [3.8, 4) is 0 Å². The van der Waals surface area contributed by atoms with Gasteiger partial charge in [0.15, 0.2) is 5.58 Å². The monoisotopic (exact) mass is 164 g/mol. The molecule has 0 aliphatic heterocycles. The van der Waals surface area contributed by atoms with Gasteiger partial charge >= 0.3 is 0 Å². The number of rotatable bonds is 1. The molecule has 0 saturated carbocycles. The number of aromatic nitrogens is 1. The predicted molar refractivity (Wildman–Crippen MR) is 39.6 cm³/mol. The molecule has 2 aromatic rings. The lowest BCUT2D eigenvalue weighted by atomic mass is 10.4. The highest BCUT2D eigenvalue weighted by Gasteiger charge is 2.04. The Labute approximate surface area is 67.8 Å². The van der Waals surface area contributed by atoms with E-state index in [4.69, 9.17) is 4.42 Å². The second kappa shape index (κ2) is 2.14. The SMILES string of the molecule is Cc1cc2[nH]c(C(=O)[O-])cc2o1. The van der Waals surface area contributed by atoms with Crippen molar-refractivity contribution in [2.24, 2.45) is 0 Å². The molecule has 0 fully saturated rings. The van der Waals surface area contributed by atoms with Crippen LogP contribution in [0.1, 0.15) is 16.2 Å². The lowest BCUT2D eigenvalue weighted by Crippen LogP contribution is -2.22. The molecule has 0 spiro atoms. The van der Waals surface area contributed by atoms with E-state index >= 15 is 0 Å². The first-order valence-corrected chi connectivity index (χ1v) is 3.47. The Kier molecular flexibility index (Phi) is 1.24. The van der Waals surface area contributed by atoms with Gasteiger partial charge in [0, 0.05) is 12.1 Å². The van der Waals surface area contributed by atoms with E-state index in [0.717, 1.165) is 5.76 Å². The number of furan rings is 1. The Balaban J connectivity index is 2.64. The summed E-state index contributed by atoms with van der Waals surface area (Å²) in [7, 11) is 0. The minimum absolute atomic E-state index is 0.0451. The van der Waals surface area contributed by atoms with Gasteiger partial charge in [0.05, 0.1) is 17.2 Å². The van der Waals surface area contributed by atoms with Crippen LogP contribution >= 0.6 is 0 Å². The molecule has 0 atom stereocenters. The zero-order chi connectivity index (χ0) is 8.72. The normalized spacial score (nSPS) is 10.8. The summed E-state index contributed by atoms with van der Waals surface area (Å²) in [5.74, 6) is -0.472. The number of H-pyrrole nitrogens is 1. The van der Waals surface area contributed by atoms with Gasteiger partial charge in [-0.05, 0) is 6.92 Å². The van der Waals surface area contributed by atoms with Gasteiger partial charge in [-0.1, -0.05) is 0 Å². The minimum Gasteiger partial charge on any atom is -0.543 e. The fourth-order valence-electron chi connectivity index (χ4n) is 1.16. The number of carboxylic acids is 1. The summed E-state index contributed by atoms with van der Waals surface area (Å²) in [5, 5.41) is 10.4.